The molecule has 0 spiro atoms. The Kier molecular flexibility index (Phi) is 30.8. The molecule has 0 saturated heterocycles. The summed E-state index contributed by atoms with van der Waals surface area (Å²) in [4.78, 5) is 34.7. The fraction of sp³-hybridized carbons (Fsp3) is 0.495. The molecule has 0 radical (unpaired) electrons. The van der Waals surface area contributed by atoms with Crippen LogP contribution in [0.3, 0.4) is 0 Å². The van der Waals surface area contributed by atoms with Gasteiger partial charge in [0.05, 0.1) is 45.6 Å². The maximum absolute atomic E-state index is 12.4. The summed E-state index contributed by atoms with van der Waals surface area (Å²) in [5, 5.41) is 29.5. The van der Waals surface area contributed by atoms with Crippen LogP contribution in [-0.2, 0) is 33.2 Å². The average molecular weight is 1880 g/mol. The molecule has 12 rings (SSSR count). The van der Waals surface area contributed by atoms with Crippen LogP contribution < -0.4 is 28.4 Å². The molecule has 18 heteroatoms. The summed E-state index contributed by atoms with van der Waals surface area (Å²) in [5.74, 6) is 3.03. The summed E-state index contributed by atoms with van der Waals surface area (Å²) in [6.07, 6.45) is 9.84. The van der Waals surface area contributed by atoms with Crippen molar-refractivity contribution < 1.29 is 71.3 Å². The third-order valence-electron chi connectivity index (χ3n) is 24.7. The maximum atomic E-state index is 12.4. The van der Waals surface area contributed by atoms with Gasteiger partial charge in [0.1, 0.15) is 56.9 Å². The number of hydrogen-bond acceptors (Lipinski definition) is 9. The van der Waals surface area contributed by atoms with Gasteiger partial charge in [-0.3, -0.25) is 0 Å². The smallest absolute Gasteiger partial charge is 0.389 e. The number of fused-ring (bicyclic) bond motifs is 12. The topological polar surface area (TPSA) is 167 Å². The Bertz CT molecular complexity index is 4970. The van der Waals surface area contributed by atoms with Crippen molar-refractivity contribution in [3.05, 3.63) is 197 Å². The minimum absolute atomic E-state index is 0.0482. The third kappa shape index (κ3) is 22.8. The quantitative estimate of drug-likeness (QED) is 0.0254. The Labute approximate surface area is 736 Å². The molecule has 0 fully saturated rings. The predicted molar refractivity (Wildman–Crippen MR) is 492 cm³/mol. The van der Waals surface area contributed by atoms with E-state index in [1.807, 2.05) is 72.7 Å². The first kappa shape index (κ1) is 95.3. The van der Waals surface area contributed by atoms with E-state index in [0.717, 1.165) is 99.3 Å². The van der Waals surface area contributed by atoms with Crippen molar-refractivity contribution in [2.45, 2.75) is 286 Å². The highest BCUT2D eigenvalue weighted by atomic mass is 127. The van der Waals surface area contributed by atoms with Gasteiger partial charge in [-0.1, -0.05) is 221 Å². The van der Waals surface area contributed by atoms with Gasteiger partial charge in [-0.25, -0.2) is 14.4 Å². The van der Waals surface area contributed by atoms with Gasteiger partial charge in [-0.15, -0.1) is 0 Å². The molecule has 3 N–H and O–H groups in total. The lowest BCUT2D eigenvalue weighted by Gasteiger charge is -2.38. The Morgan fingerprint density at radius 2 is 0.874 bits per heavy atom. The number of alkyl halides is 4. The van der Waals surface area contributed by atoms with Crippen LogP contribution in [0.1, 0.15) is 322 Å². The molecule has 4 aliphatic heterocycles. The molecule has 8 aromatic rings. The number of unbranched alkanes of at least 4 members (excludes halogenated alkanes) is 5. The van der Waals surface area contributed by atoms with Gasteiger partial charge < -0.3 is 43.7 Å². The standard InChI is InChI=1S/C28H37IO4.C26H31F3O4.C25H32O3.C22H26Br2O/c1-26(2,3)13-9-10-14-27(4,5)20-16-21-22(24(32-8)23(20)29)18-15-17(25(30)31)11-12-19(18)28(6,7)33-21;1-15(8-6-7-11-26(27,28)29)16(2)18-13-21(32-5)23-19-12-17(24(30)31)9-10-20(19)25(3,4)33-22(23)14-18;1-6-7-8-9-16(2)17(3)18-10-12-20-21-14-19(24(26)27)11-13-22(21)25(4,5)28-23(20)15-18;1-21(2,11-5-6-12-23)15-7-9-17-18-14-16(24)8-10-19(18)22(3,4)25-20(17)13-15/h11-12,15-16H,9-10,13-14H2,1-8H3,(H,30,31);9-10,12-16H,6-8,11H2,1-5H3,(H,30,31);10-17H,6-9H2,1-5H3,(H,26,27);7-10,13-14H,5-6,11-12H2,1-4H3. The number of rotatable bonds is 27. The van der Waals surface area contributed by atoms with Gasteiger partial charge in [0.2, 0.25) is 0 Å². The molecule has 12 nitrogen and oxygen atoms in total. The van der Waals surface area contributed by atoms with E-state index < -0.39 is 47.3 Å². The number of hydrogen-bond donors (Lipinski definition) is 3. The Morgan fingerprint density at radius 3 is 1.37 bits per heavy atom. The van der Waals surface area contributed by atoms with Crippen LogP contribution >= 0.6 is 54.5 Å². The molecule has 0 bridgehead atoms. The van der Waals surface area contributed by atoms with Crippen molar-refractivity contribution in [1.29, 1.82) is 0 Å². The zero-order chi connectivity index (χ0) is 88.0. The summed E-state index contributed by atoms with van der Waals surface area (Å²) in [6, 6.07) is 41.3. The maximum Gasteiger partial charge on any atom is 0.389 e. The fourth-order valence-electron chi connectivity index (χ4n) is 17.0. The Morgan fingerprint density at radius 1 is 0.454 bits per heavy atom. The first-order chi connectivity index (χ1) is 55.5. The van der Waals surface area contributed by atoms with Gasteiger partial charge in [0.25, 0.3) is 0 Å². The lowest BCUT2D eigenvalue weighted by Crippen LogP contribution is -2.30. The predicted octanol–water partition coefficient (Wildman–Crippen LogP) is 30.3. The van der Waals surface area contributed by atoms with Crippen molar-refractivity contribution in [1.82, 2.24) is 0 Å². The molecule has 4 unspecified atom stereocenters. The van der Waals surface area contributed by atoms with E-state index in [0.29, 0.717) is 52.7 Å². The average Bonchev–Trinajstić information content (AvgIpc) is 0.732. The number of carbonyl (C=O) groups is 3. The van der Waals surface area contributed by atoms with Crippen molar-refractivity contribution >= 4 is 72.4 Å². The van der Waals surface area contributed by atoms with Gasteiger partial charge in [0.15, 0.2) is 0 Å². The van der Waals surface area contributed by atoms with Crippen LogP contribution in [0.5, 0.6) is 34.5 Å². The molecule has 0 saturated carbocycles. The highest BCUT2D eigenvalue weighted by Crippen LogP contribution is 2.56. The SMILES string of the molecule is CC(C)(CCCCBr)c1ccc2c(c1)OC(C)(C)c1ccc(Br)cc1-2.CCCCCC(C)C(C)c1ccc2c(c1)OC(C)(C)c1ccc(C(=O)O)cc1-2.COc1c(I)c(C(C)(C)CCCCC(C)(C)C)cc2c1-c1cc(C(=O)O)ccc1C(C)(C)O2.COc1cc(C(C)C(C)CCCCC(F)(F)F)cc2c1-c1cc(C(=O)O)ccc1C(C)(C)O2. The normalized spacial score (nSPS) is 15.7. The van der Waals surface area contributed by atoms with Gasteiger partial charge in [-0.05, 0) is 273 Å². The summed E-state index contributed by atoms with van der Waals surface area (Å²) in [5.41, 5.74) is 15.7. The highest BCUT2D eigenvalue weighted by Gasteiger charge is 2.42. The largest absolute Gasteiger partial charge is 0.496 e. The molecule has 8 aromatic carbocycles. The number of benzene rings is 8. The van der Waals surface area contributed by atoms with Crippen LogP contribution in [0.15, 0.2) is 132 Å². The molecule has 644 valence electrons. The molecule has 0 amide bonds. The van der Waals surface area contributed by atoms with Crippen molar-refractivity contribution in [3.63, 3.8) is 0 Å². The van der Waals surface area contributed by atoms with E-state index in [1.165, 1.54) is 91.2 Å². The van der Waals surface area contributed by atoms with Crippen molar-refractivity contribution in [2.24, 2.45) is 17.3 Å². The monoisotopic (exact) mass is 1870 g/mol. The van der Waals surface area contributed by atoms with E-state index >= 15 is 0 Å². The lowest BCUT2D eigenvalue weighted by atomic mass is 9.77. The fourth-order valence-corrected chi connectivity index (χ4v) is 19.2. The Hall–Kier alpha value is -7.55. The van der Waals surface area contributed by atoms with Gasteiger partial charge in [0, 0.05) is 49.6 Å². The Balaban J connectivity index is 0.000000182. The number of aromatic carboxylic acids is 3. The summed E-state index contributed by atoms with van der Waals surface area (Å²) < 4.78 is 76.7. The van der Waals surface area contributed by atoms with E-state index in [1.54, 1.807) is 56.7 Å². The minimum atomic E-state index is -4.11. The molecular weight excluding hydrogens is 1750 g/mol. The molecule has 4 aliphatic rings. The van der Waals surface area contributed by atoms with E-state index in [2.05, 4.69) is 205 Å². The molecule has 119 heavy (non-hydrogen) atoms. The van der Waals surface area contributed by atoms with Crippen LogP contribution in [0.2, 0.25) is 0 Å². The molecular formula is C101H126Br2F3IO12. The zero-order valence-electron chi connectivity index (χ0n) is 74.0. The number of methoxy groups -OCH3 is 2. The van der Waals surface area contributed by atoms with Crippen LogP contribution in [0, 0.1) is 20.8 Å². The number of ether oxygens (including phenoxy) is 6. The molecule has 4 heterocycles. The van der Waals surface area contributed by atoms with Crippen LogP contribution in [-0.4, -0.2) is 59.0 Å². The highest BCUT2D eigenvalue weighted by molar-refractivity contribution is 14.1. The molecule has 0 aliphatic carbocycles. The second-order valence-corrected chi connectivity index (χ2v) is 40.4. The van der Waals surface area contributed by atoms with Gasteiger partial charge >= 0.3 is 24.1 Å². The lowest BCUT2D eigenvalue weighted by molar-refractivity contribution is -0.135. The van der Waals surface area contributed by atoms with E-state index in [4.69, 9.17) is 28.4 Å². The van der Waals surface area contributed by atoms with Gasteiger partial charge in [-0.2, -0.15) is 13.2 Å². The second kappa shape index (κ2) is 38.5. The minimum Gasteiger partial charge on any atom is -0.496 e. The van der Waals surface area contributed by atoms with Crippen molar-refractivity contribution in [2.75, 3.05) is 19.5 Å². The molecule has 0 aromatic heterocycles. The van der Waals surface area contributed by atoms with E-state index in [-0.39, 0.29) is 45.8 Å². The summed E-state index contributed by atoms with van der Waals surface area (Å²) in [6.45, 7) is 43.4. The number of halogens is 6. The third-order valence-corrected chi connectivity index (χ3v) is 26.8. The van der Waals surface area contributed by atoms with Crippen LogP contribution in [0.25, 0.3) is 44.5 Å². The van der Waals surface area contributed by atoms with Crippen LogP contribution in [0.4, 0.5) is 13.2 Å². The van der Waals surface area contributed by atoms with E-state index in [9.17, 15) is 42.9 Å². The zero-order valence-corrected chi connectivity index (χ0v) is 79.4. The molecule has 4 atom stereocenters. The second-order valence-electron chi connectivity index (χ2n) is 37.6. The number of carboxylic acid groups (broad SMARTS) is 3. The summed E-state index contributed by atoms with van der Waals surface area (Å²) in [7, 11) is 3.24. The van der Waals surface area contributed by atoms with Crippen molar-refractivity contribution in [3.8, 4) is 79.0 Å². The first-order valence-corrected chi connectivity index (χ1v) is 45.2. The summed E-state index contributed by atoms with van der Waals surface area (Å²) >= 11 is 9.53. The number of carboxylic acids is 3. The first-order valence-electron chi connectivity index (χ1n) is 42.3.